The molecule has 0 atom stereocenters. The summed E-state index contributed by atoms with van der Waals surface area (Å²) in [5, 5.41) is 8.69. The third-order valence-corrected chi connectivity index (χ3v) is 6.15. The Bertz CT molecular complexity index is 609. The lowest BCUT2D eigenvalue weighted by molar-refractivity contribution is 0.169. The van der Waals surface area contributed by atoms with Crippen molar-refractivity contribution in [3.05, 3.63) is 24.0 Å². The van der Waals surface area contributed by atoms with Gasteiger partial charge in [-0.15, -0.1) is 0 Å². The standard InChI is InChI=1S/C14H19N3O2S/c1-3-14(2)6-8-17(9-7-14)20(18,19)13-5-4-12(10-15)16-11-13/h4-5,11H,3,6-9H2,1-2H3. The second-order valence-electron chi connectivity index (χ2n) is 5.56. The maximum Gasteiger partial charge on any atom is 0.244 e. The fraction of sp³-hybridized carbons (Fsp3) is 0.571. The highest BCUT2D eigenvalue weighted by atomic mass is 32.2. The van der Waals surface area contributed by atoms with Crippen molar-refractivity contribution in [1.29, 1.82) is 5.26 Å². The molecule has 0 N–H and O–H groups in total. The number of rotatable bonds is 3. The molecule has 0 aromatic carbocycles. The smallest absolute Gasteiger partial charge is 0.244 e. The summed E-state index contributed by atoms with van der Waals surface area (Å²) in [7, 11) is -3.48. The molecule has 1 saturated heterocycles. The van der Waals surface area contributed by atoms with Crippen molar-refractivity contribution < 1.29 is 8.42 Å². The molecule has 1 aromatic rings. The van der Waals surface area contributed by atoms with Crippen molar-refractivity contribution in [2.75, 3.05) is 13.1 Å². The quantitative estimate of drug-likeness (QED) is 0.856. The first-order valence-corrected chi connectivity index (χ1v) is 8.22. The summed E-state index contributed by atoms with van der Waals surface area (Å²) in [5.74, 6) is 0. The summed E-state index contributed by atoms with van der Waals surface area (Å²) in [6, 6.07) is 4.77. The number of hydrogen-bond donors (Lipinski definition) is 0. The SMILES string of the molecule is CCC1(C)CCN(S(=O)(=O)c2ccc(C#N)nc2)CC1. The van der Waals surface area contributed by atoms with E-state index in [1.165, 1.54) is 22.6 Å². The van der Waals surface area contributed by atoms with Crippen LogP contribution >= 0.6 is 0 Å². The van der Waals surface area contributed by atoms with E-state index in [0.29, 0.717) is 13.1 Å². The van der Waals surface area contributed by atoms with Crippen LogP contribution in [0.5, 0.6) is 0 Å². The summed E-state index contributed by atoms with van der Waals surface area (Å²) in [6.07, 6.45) is 4.10. The maximum absolute atomic E-state index is 12.5. The van der Waals surface area contributed by atoms with Gasteiger partial charge in [0, 0.05) is 19.3 Å². The fourth-order valence-corrected chi connectivity index (χ4v) is 3.76. The minimum Gasteiger partial charge on any atom is -0.244 e. The molecule has 0 aliphatic carbocycles. The predicted molar refractivity (Wildman–Crippen MR) is 75.3 cm³/mol. The van der Waals surface area contributed by atoms with Gasteiger partial charge in [-0.1, -0.05) is 20.3 Å². The van der Waals surface area contributed by atoms with E-state index in [4.69, 9.17) is 5.26 Å². The molecule has 2 rings (SSSR count). The molecule has 0 spiro atoms. The minimum atomic E-state index is -3.48. The maximum atomic E-state index is 12.5. The highest BCUT2D eigenvalue weighted by Gasteiger charge is 2.34. The van der Waals surface area contributed by atoms with Gasteiger partial charge in [-0.05, 0) is 30.4 Å². The monoisotopic (exact) mass is 293 g/mol. The van der Waals surface area contributed by atoms with Crippen LogP contribution in [0.25, 0.3) is 0 Å². The summed E-state index contributed by atoms with van der Waals surface area (Å²) < 4.78 is 26.5. The molecule has 0 unspecified atom stereocenters. The van der Waals surface area contributed by atoms with E-state index in [1.54, 1.807) is 0 Å². The van der Waals surface area contributed by atoms with Crippen LogP contribution in [0.3, 0.4) is 0 Å². The van der Waals surface area contributed by atoms with Crippen molar-refractivity contribution in [1.82, 2.24) is 9.29 Å². The molecule has 0 saturated carbocycles. The Morgan fingerprint density at radius 2 is 2.05 bits per heavy atom. The van der Waals surface area contributed by atoms with Gasteiger partial charge in [-0.3, -0.25) is 0 Å². The Morgan fingerprint density at radius 3 is 2.50 bits per heavy atom. The van der Waals surface area contributed by atoms with Gasteiger partial charge in [0.25, 0.3) is 0 Å². The summed E-state index contributed by atoms with van der Waals surface area (Å²) in [6.45, 7) is 5.45. The normalized spacial score (nSPS) is 19.4. The lowest BCUT2D eigenvalue weighted by Crippen LogP contribution is -2.41. The number of sulfonamides is 1. The lowest BCUT2D eigenvalue weighted by Gasteiger charge is -2.38. The number of aromatic nitrogens is 1. The van der Waals surface area contributed by atoms with Crippen molar-refractivity contribution in [3.8, 4) is 6.07 Å². The average molecular weight is 293 g/mol. The van der Waals surface area contributed by atoms with Crippen LogP contribution in [0.4, 0.5) is 0 Å². The van der Waals surface area contributed by atoms with Gasteiger partial charge >= 0.3 is 0 Å². The zero-order chi connectivity index (χ0) is 14.8. The molecule has 5 nitrogen and oxygen atoms in total. The third-order valence-electron chi connectivity index (χ3n) is 4.27. The Balaban J connectivity index is 2.17. The molecule has 1 aliphatic heterocycles. The molecular weight excluding hydrogens is 274 g/mol. The fourth-order valence-electron chi connectivity index (χ4n) is 2.37. The third kappa shape index (κ3) is 2.84. The lowest BCUT2D eigenvalue weighted by atomic mass is 9.79. The molecule has 0 amide bonds. The van der Waals surface area contributed by atoms with Crippen molar-refractivity contribution >= 4 is 10.0 Å². The largest absolute Gasteiger partial charge is 0.244 e. The first kappa shape index (κ1) is 14.9. The van der Waals surface area contributed by atoms with Crippen LogP contribution in [0.15, 0.2) is 23.2 Å². The molecule has 6 heteroatoms. The second-order valence-corrected chi connectivity index (χ2v) is 7.50. The molecule has 20 heavy (non-hydrogen) atoms. The van der Waals surface area contributed by atoms with Crippen molar-refractivity contribution in [2.24, 2.45) is 5.41 Å². The Labute approximate surface area is 120 Å². The van der Waals surface area contributed by atoms with Gasteiger partial charge in [0.2, 0.25) is 10.0 Å². The molecule has 0 bridgehead atoms. The van der Waals surface area contributed by atoms with Gasteiger partial charge in [-0.2, -0.15) is 9.57 Å². The molecular formula is C14H19N3O2S. The molecule has 1 fully saturated rings. The van der Waals surface area contributed by atoms with Gasteiger partial charge < -0.3 is 0 Å². The second kappa shape index (κ2) is 5.51. The van der Waals surface area contributed by atoms with E-state index in [1.807, 2.05) is 6.07 Å². The van der Waals surface area contributed by atoms with Crippen LogP contribution in [-0.4, -0.2) is 30.8 Å². The van der Waals surface area contributed by atoms with Crippen molar-refractivity contribution in [3.63, 3.8) is 0 Å². The van der Waals surface area contributed by atoms with Crippen LogP contribution in [-0.2, 0) is 10.0 Å². The molecule has 2 heterocycles. The molecule has 1 aromatic heterocycles. The number of nitriles is 1. The van der Waals surface area contributed by atoms with E-state index in [2.05, 4.69) is 18.8 Å². The first-order valence-electron chi connectivity index (χ1n) is 6.78. The topological polar surface area (TPSA) is 74.1 Å². The Morgan fingerprint density at radius 1 is 1.40 bits per heavy atom. The first-order chi connectivity index (χ1) is 9.41. The van der Waals surface area contributed by atoms with Crippen molar-refractivity contribution in [2.45, 2.75) is 38.0 Å². The number of hydrogen-bond acceptors (Lipinski definition) is 4. The van der Waals surface area contributed by atoms with Crippen LogP contribution in [0.1, 0.15) is 38.8 Å². The number of pyridine rings is 1. The molecule has 108 valence electrons. The van der Waals surface area contributed by atoms with E-state index in [-0.39, 0.29) is 16.0 Å². The van der Waals surface area contributed by atoms with Gasteiger partial charge in [0.1, 0.15) is 16.7 Å². The van der Waals surface area contributed by atoms with E-state index in [0.717, 1.165) is 19.3 Å². The van der Waals surface area contributed by atoms with Gasteiger partial charge in [0.15, 0.2) is 0 Å². The Kier molecular flexibility index (Phi) is 4.11. The van der Waals surface area contributed by atoms with Gasteiger partial charge in [-0.25, -0.2) is 13.4 Å². The van der Waals surface area contributed by atoms with Crippen LogP contribution in [0, 0.1) is 16.7 Å². The Hall–Kier alpha value is -1.45. The zero-order valence-electron chi connectivity index (χ0n) is 11.8. The van der Waals surface area contributed by atoms with Gasteiger partial charge in [0.05, 0.1) is 0 Å². The minimum absolute atomic E-state index is 0.164. The van der Waals surface area contributed by atoms with E-state index < -0.39 is 10.0 Å². The summed E-state index contributed by atoms with van der Waals surface area (Å²) in [4.78, 5) is 4.00. The number of piperidine rings is 1. The molecule has 1 aliphatic rings. The highest BCUT2D eigenvalue weighted by Crippen LogP contribution is 2.35. The van der Waals surface area contributed by atoms with E-state index in [9.17, 15) is 8.42 Å². The number of nitrogens with zero attached hydrogens (tertiary/aromatic N) is 3. The van der Waals surface area contributed by atoms with E-state index >= 15 is 0 Å². The highest BCUT2D eigenvalue weighted by molar-refractivity contribution is 7.89. The molecule has 0 radical (unpaired) electrons. The summed E-state index contributed by atoms with van der Waals surface area (Å²) in [5.41, 5.74) is 0.468. The summed E-state index contributed by atoms with van der Waals surface area (Å²) >= 11 is 0. The predicted octanol–water partition coefficient (Wildman–Crippen LogP) is 2.15. The van der Waals surface area contributed by atoms with Crippen LogP contribution in [0.2, 0.25) is 0 Å². The van der Waals surface area contributed by atoms with Crippen LogP contribution < -0.4 is 0 Å². The zero-order valence-corrected chi connectivity index (χ0v) is 12.7. The average Bonchev–Trinajstić information content (AvgIpc) is 2.48.